The van der Waals surface area contributed by atoms with Crippen molar-refractivity contribution in [3.63, 3.8) is 0 Å². The third-order valence-electron chi connectivity index (χ3n) is 2.72. The summed E-state index contributed by atoms with van der Waals surface area (Å²) in [6.07, 6.45) is 0.833. The third kappa shape index (κ3) is 1.84. The van der Waals surface area contributed by atoms with Crippen LogP contribution in [0.2, 0.25) is 0 Å². The highest BCUT2D eigenvalue weighted by Gasteiger charge is 2.09. The van der Waals surface area contributed by atoms with E-state index in [1.807, 2.05) is 26.0 Å². The molecule has 0 spiro atoms. The van der Waals surface area contributed by atoms with Gasteiger partial charge in [-0.15, -0.1) is 0 Å². The molecule has 0 radical (unpaired) electrons. The van der Waals surface area contributed by atoms with E-state index in [-0.39, 0.29) is 5.43 Å². The topological polar surface area (TPSA) is 32.9 Å². The number of nitrogens with one attached hydrogen (secondary N) is 1. The number of aryl methyl sites for hydroxylation is 1. The van der Waals surface area contributed by atoms with Crippen molar-refractivity contribution in [1.29, 1.82) is 0 Å². The fraction of sp³-hybridized carbons (Fsp3) is 0.250. The lowest BCUT2D eigenvalue weighted by Gasteiger charge is -2.08. The van der Waals surface area contributed by atoms with Crippen LogP contribution in [0, 0.1) is 6.92 Å². The van der Waals surface area contributed by atoms with Crippen molar-refractivity contribution < 1.29 is 0 Å². The molecule has 0 amide bonds. The van der Waals surface area contributed by atoms with Crippen molar-refractivity contribution in [3.8, 4) is 0 Å². The number of aromatic amines is 1. The lowest BCUT2D eigenvalue weighted by Crippen LogP contribution is -2.11. The molecule has 1 aromatic carbocycles. The molecule has 0 fully saturated rings. The molecule has 0 atom stereocenters. The van der Waals surface area contributed by atoms with Gasteiger partial charge in [0, 0.05) is 25.6 Å². The summed E-state index contributed by atoms with van der Waals surface area (Å²) in [5.74, 6) is 0. The van der Waals surface area contributed by atoms with Crippen LogP contribution in [0.1, 0.15) is 18.2 Å². The number of aromatic nitrogens is 1. The summed E-state index contributed by atoms with van der Waals surface area (Å²) in [4.78, 5) is 15.5. The molecule has 0 saturated carbocycles. The van der Waals surface area contributed by atoms with Crippen LogP contribution in [0.5, 0.6) is 0 Å². The minimum atomic E-state index is 0.104. The van der Waals surface area contributed by atoms with Crippen molar-refractivity contribution in [2.45, 2.75) is 20.3 Å². The Hall–Kier alpha value is -0.610. The molecule has 0 aliphatic heterocycles. The van der Waals surface area contributed by atoms with E-state index in [2.05, 4.69) is 36.8 Å². The van der Waals surface area contributed by atoms with E-state index >= 15 is 0 Å². The summed E-state index contributed by atoms with van der Waals surface area (Å²) in [6, 6.07) is 3.79. The van der Waals surface area contributed by atoms with Crippen LogP contribution >= 0.6 is 31.9 Å². The highest BCUT2D eigenvalue weighted by molar-refractivity contribution is 9.11. The quantitative estimate of drug-likeness (QED) is 0.835. The molecular weight excluding hydrogens is 334 g/mol. The molecule has 1 heterocycles. The lowest BCUT2D eigenvalue weighted by atomic mass is 10.1. The molecule has 0 bridgehead atoms. The van der Waals surface area contributed by atoms with Gasteiger partial charge in [-0.25, -0.2) is 0 Å². The van der Waals surface area contributed by atoms with E-state index in [9.17, 15) is 4.79 Å². The lowest BCUT2D eigenvalue weighted by molar-refractivity contribution is 1.02. The number of hydrogen-bond donors (Lipinski definition) is 1. The van der Waals surface area contributed by atoms with Gasteiger partial charge >= 0.3 is 0 Å². The normalized spacial score (nSPS) is 11.0. The zero-order valence-corrected chi connectivity index (χ0v) is 12.2. The zero-order chi connectivity index (χ0) is 11.9. The maximum atomic E-state index is 12.2. The molecule has 2 nitrogen and oxygen atoms in total. The highest BCUT2D eigenvalue weighted by Crippen LogP contribution is 2.26. The molecule has 2 aromatic rings. The van der Waals surface area contributed by atoms with Crippen molar-refractivity contribution in [2.24, 2.45) is 0 Å². The van der Waals surface area contributed by atoms with Crippen molar-refractivity contribution >= 4 is 42.8 Å². The number of H-pyrrole nitrogens is 1. The van der Waals surface area contributed by atoms with E-state index in [0.29, 0.717) is 0 Å². The number of benzene rings is 1. The summed E-state index contributed by atoms with van der Waals surface area (Å²) in [7, 11) is 0. The fourth-order valence-electron chi connectivity index (χ4n) is 1.82. The van der Waals surface area contributed by atoms with Crippen molar-refractivity contribution in [2.75, 3.05) is 0 Å². The molecule has 4 heteroatoms. The Morgan fingerprint density at radius 1 is 1.31 bits per heavy atom. The SMILES string of the molecule is CCc1[nH]c2c(Br)cc(Br)cc2c(=O)c1C. The van der Waals surface area contributed by atoms with Crippen LogP contribution in [-0.4, -0.2) is 4.98 Å². The number of pyridine rings is 1. The molecule has 2 rings (SSSR count). The van der Waals surface area contributed by atoms with Gasteiger partial charge in [-0.2, -0.15) is 0 Å². The Bertz CT molecular complexity index is 616. The predicted octanol–water partition coefficient (Wildman–Crippen LogP) is 3.92. The molecular formula is C12H11Br2NO. The number of rotatable bonds is 1. The van der Waals surface area contributed by atoms with E-state index in [1.165, 1.54) is 0 Å². The Morgan fingerprint density at radius 3 is 2.62 bits per heavy atom. The molecule has 1 N–H and O–H groups in total. The van der Waals surface area contributed by atoms with Crippen molar-refractivity contribution in [3.05, 3.63) is 42.6 Å². The Labute approximate surface area is 110 Å². The van der Waals surface area contributed by atoms with Gasteiger partial charge in [-0.1, -0.05) is 22.9 Å². The monoisotopic (exact) mass is 343 g/mol. The van der Waals surface area contributed by atoms with Crippen LogP contribution < -0.4 is 5.43 Å². The largest absolute Gasteiger partial charge is 0.357 e. The first kappa shape index (κ1) is 11.9. The first-order valence-corrected chi connectivity index (χ1v) is 6.63. The zero-order valence-electron chi connectivity index (χ0n) is 9.03. The highest BCUT2D eigenvalue weighted by atomic mass is 79.9. The molecule has 0 saturated heterocycles. The number of hydrogen-bond acceptors (Lipinski definition) is 1. The Kier molecular flexibility index (Phi) is 3.22. The third-order valence-corrected chi connectivity index (χ3v) is 3.81. The van der Waals surface area contributed by atoms with Gasteiger partial charge in [0.15, 0.2) is 5.43 Å². The standard InChI is InChI=1S/C12H11Br2NO/c1-3-10-6(2)12(16)8-4-7(13)5-9(14)11(8)15-10/h4-5H,3H2,1-2H3,(H,15,16). The fourth-order valence-corrected chi connectivity index (χ4v) is 3.14. The molecule has 84 valence electrons. The second-order valence-electron chi connectivity index (χ2n) is 3.72. The van der Waals surface area contributed by atoms with Gasteiger partial charge in [-0.3, -0.25) is 4.79 Å². The smallest absolute Gasteiger partial charge is 0.192 e. The molecule has 0 aliphatic carbocycles. The van der Waals surface area contributed by atoms with E-state index in [1.54, 1.807) is 0 Å². The minimum absolute atomic E-state index is 0.104. The van der Waals surface area contributed by atoms with E-state index < -0.39 is 0 Å². The molecule has 16 heavy (non-hydrogen) atoms. The average molecular weight is 345 g/mol. The summed E-state index contributed by atoms with van der Waals surface area (Å²) >= 11 is 6.86. The Morgan fingerprint density at radius 2 is 2.00 bits per heavy atom. The van der Waals surface area contributed by atoms with Crippen LogP contribution in [-0.2, 0) is 6.42 Å². The van der Waals surface area contributed by atoms with Crippen LogP contribution in [0.3, 0.4) is 0 Å². The van der Waals surface area contributed by atoms with Crippen LogP contribution in [0.4, 0.5) is 0 Å². The molecule has 0 unspecified atom stereocenters. The average Bonchev–Trinajstić information content (AvgIpc) is 2.24. The summed E-state index contributed by atoms with van der Waals surface area (Å²) < 4.78 is 1.81. The van der Waals surface area contributed by atoms with E-state index in [4.69, 9.17) is 0 Å². The first-order valence-electron chi connectivity index (χ1n) is 5.05. The van der Waals surface area contributed by atoms with Gasteiger partial charge in [-0.05, 0) is 41.4 Å². The van der Waals surface area contributed by atoms with Crippen LogP contribution in [0.15, 0.2) is 25.9 Å². The van der Waals surface area contributed by atoms with Gasteiger partial charge in [0.05, 0.1) is 5.52 Å². The summed E-state index contributed by atoms with van der Waals surface area (Å²) in [5.41, 5.74) is 2.78. The van der Waals surface area contributed by atoms with Gasteiger partial charge < -0.3 is 4.98 Å². The Balaban J connectivity index is 2.99. The minimum Gasteiger partial charge on any atom is -0.357 e. The summed E-state index contributed by atoms with van der Waals surface area (Å²) in [6.45, 7) is 3.91. The second-order valence-corrected chi connectivity index (χ2v) is 5.49. The maximum Gasteiger partial charge on any atom is 0.192 e. The van der Waals surface area contributed by atoms with Gasteiger partial charge in [0.2, 0.25) is 0 Å². The first-order chi connectivity index (χ1) is 7.54. The second kappa shape index (κ2) is 4.34. The molecule has 1 aromatic heterocycles. The van der Waals surface area contributed by atoms with Crippen molar-refractivity contribution in [1.82, 2.24) is 4.98 Å². The number of halogens is 2. The van der Waals surface area contributed by atoms with E-state index in [0.717, 1.165) is 37.5 Å². The van der Waals surface area contributed by atoms with Gasteiger partial charge in [0.25, 0.3) is 0 Å². The summed E-state index contributed by atoms with van der Waals surface area (Å²) in [5, 5.41) is 0.718. The number of fused-ring (bicyclic) bond motifs is 1. The van der Waals surface area contributed by atoms with Gasteiger partial charge in [0.1, 0.15) is 0 Å². The predicted molar refractivity (Wildman–Crippen MR) is 74.1 cm³/mol. The maximum absolute atomic E-state index is 12.2. The molecule has 0 aliphatic rings. The van der Waals surface area contributed by atoms with Crippen LogP contribution in [0.25, 0.3) is 10.9 Å².